The quantitative estimate of drug-likeness (QED) is 0.334. The summed E-state index contributed by atoms with van der Waals surface area (Å²) in [7, 11) is 0. The van der Waals surface area contributed by atoms with E-state index in [-0.39, 0.29) is 37.4 Å². The Hall–Kier alpha value is -1.94. The summed E-state index contributed by atoms with van der Waals surface area (Å²) in [6, 6.07) is 2.85. The van der Waals surface area contributed by atoms with Crippen LogP contribution in [-0.4, -0.2) is 16.0 Å². The number of pyridine rings is 1. The van der Waals surface area contributed by atoms with Crippen molar-refractivity contribution < 1.29 is 13.6 Å². The molecule has 0 saturated carbocycles. The maximum atomic E-state index is 13.5. The zero-order valence-corrected chi connectivity index (χ0v) is 15.0. The summed E-state index contributed by atoms with van der Waals surface area (Å²) in [6.45, 7) is 0. The number of halogens is 5. The van der Waals surface area contributed by atoms with Gasteiger partial charge in [0.2, 0.25) is 0 Å². The van der Waals surface area contributed by atoms with Crippen LogP contribution in [0.4, 0.5) is 20.2 Å². The van der Waals surface area contributed by atoms with E-state index in [4.69, 9.17) is 52.8 Å². The Kier molecular flexibility index (Phi) is 6.17. The highest BCUT2D eigenvalue weighted by atomic mass is 35.5. The van der Waals surface area contributed by atoms with Gasteiger partial charge >= 0.3 is 0 Å². The first-order valence-corrected chi connectivity index (χ1v) is 7.87. The lowest BCUT2D eigenvalue weighted by Gasteiger charge is -2.13. The Morgan fingerprint density at radius 2 is 1.84 bits per heavy atom. The second kappa shape index (κ2) is 7.96. The molecule has 0 aliphatic heterocycles. The minimum Gasteiger partial charge on any atom is -0.396 e. The lowest BCUT2D eigenvalue weighted by Crippen LogP contribution is -2.44. The molecule has 0 bridgehead atoms. The fraction of sp³-hybridized carbons (Fsp3) is 0. The highest BCUT2D eigenvalue weighted by molar-refractivity contribution is 7.80. The van der Waals surface area contributed by atoms with Crippen LogP contribution in [-0.2, 0) is 0 Å². The molecule has 0 aliphatic rings. The molecular weight excluding hydrogens is 419 g/mol. The molecule has 0 radical (unpaired) electrons. The Morgan fingerprint density at radius 1 is 1.16 bits per heavy atom. The number of anilines is 2. The fourth-order valence-electron chi connectivity index (χ4n) is 1.60. The molecule has 2 aromatic rings. The van der Waals surface area contributed by atoms with Gasteiger partial charge in [0, 0.05) is 6.07 Å². The maximum absolute atomic E-state index is 13.5. The van der Waals surface area contributed by atoms with Crippen molar-refractivity contribution in [2.24, 2.45) is 0 Å². The molecule has 0 atom stereocenters. The van der Waals surface area contributed by atoms with E-state index >= 15 is 0 Å². The van der Waals surface area contributed by atoms with Gasteiger partial charge in [-0.25, -0.2) is 13.8 Å². The number of hydrazine groups is 1. The van der Waals surface area contributed by atoms with Crippen LogP contribution in [0.25, 0.3) is 0 Å². The van der Waals surface area contributed by atoms with Gasteiger partial charge in [0.15, 0.2) is 16.0 Å². The van der Waals surface area contributed by atoms with Crippen molar-refractivity contribution in [1.82, 2.24) is 15.8 Å². The molecule has 1 aromatic heterocycles. The lowest BCUT2D eigenvalue weighted by molar-refractivity contribution is 0.0939. The first kappa shape index (κ1) is 19.4. The molecule has 25 heavy (non-hydrogen) atoms. The molecular formula is C13H8Cl3F2N5OS. The molecule has 0 fully saturated rings. The third-order valence-corrected chi connectivity index (χ3v) is 4.10. The molecule has 6 nitrogen and oxygen atoms in total. The zero-order valence-electron chi connectivity index (χ0n) is 12.0. The van der Waals surface area contributed by atoms with Crippen LogP contribution in [0.1, 0.15) is 10.5 Å². The number of thiocarbonyl (C=S) groups is 1. The monoisotopic (exact) mass is 425 g/mol. The molecule has 12 heteroatoms. The second-order valence-electron chi connectivity index (χ2n) is 4.45. The molecule has 0 saturated heterocycles. The molecule has 0 aliphatic carbocycles. The number of nitrogens with one attached hydrogen (secondary N) is 3. The molecule has 132 valence electrons. The zero-order chi connectivity index (χ0) is 18.7. The first-order valence-electron chi connectivity index (χ1n) is 6.33. The molecule has 1 aromatic carbocycles. The van der Waals surface area contributed by atoms with Gasteiger partial charge in [-0.15, -0.1) is 0 Å². The normalized spacial score (nSPS) is 10.3. The molecule has 5 N–H and O–H groups in total. The Morgan fingerprint density at radius 3 is 2.48 bits per heavy atom. The minimum atomic E-state index is -0.863. The van der Waals surface area contributed by atoms with E-state index in [2.05, 4.69) is 21.2 Å². The topological polar surface area (TPSA) is 92.1 Å². The van der Waals surface area contributed by atoms with Gasteiger partial charge in [0.05, 0.1) is 16.4 Å². The summed E-state index contributed by atoms with van der Waals surface area (Å²) in [6.07, 6.45) is 0. The predicted octanol–water partition coefficient (Wildman–Crippen LogP) is 3.53. The van der Waals surface area contributed by atoms with Crippen LogP contribution < -0.4 is 21.9 Å². The number of aromatic nitrogens is 1. The van der Waals surface area contributed by atoms with Crippen molar-refractivity contribution in [3.63, 3.8) is 0 Å². The molecule has 0 spiro atoms. The van der Waals surface area contributed by atoms with Crippen LogP contribution >= 0.6 is 47.0 Å². The molecule has 2 rings (SSSR count). The summed E-state index contributed by atoms with van der Waals surface area (Å²) in [5.41, 5.74) is 9.58. The number of nitrogen functional groups attached to an aromatic ring is 1. The van der Waals surface area contributed by atoms with Gasteiger partial charge in [-0.2, -0.15) is 0 Å². The average Bonchev–Trinajstić information content (AvgIpc) is 2.56. The highest BCUT2D eigenvalue weighted by Gasteiger charge is 2.20. The number of nitrogens with zero attached hydrogens (tertiary/aromatic N) is 1. The number of hydrogen-bond acceptors (Lipinski definition) is 4. The average molecular weight is 427 g/mol. The summed E-state index contributed by atoms with van der Waals surface area (Å²) in [5, 5.41) is 1.77. The van der Waals surface area contributed by atoms with Crippen molar-refractivity contribution in [3.8, 4) is 0 Å². The van der Waals surface area contributed by atoms with Crippen molar-refractivity contribution in [2.75, 3.05) is 11.1 Å². The fourth-order valence-corrected chi connectivity index (χ4v) is 2.35. The van der Waals surface area contributed by atoms with E-state index in [1.54, 1.807) is 0 Å². The lowest BCUT2D eigenvalue weighted by atomic mass is 10.3. The summed E-state index contributed by atoms with van der Waals surface area (Å²) in [4.78, 5) is 15.8. The standard InChI is InChI=1S/C13H8Cl3F2N5OS/c14-7-9(19)8(15)11(16)21-10(7)12(24)22-23-13(25)20-6-2-1-4(17)3-5(6)18/h1-3H,(H2,19,21)(H,22,24)(H2,20,23,25). The van der Waals surface area contributed by atoms with Crippen LogP contribution in [0.2, 0.25) is 15.2 Å². The van der Waals surface area contributed by atoms with E-state index in [9.17, 15) is 13.6 Å². The third kappa shape index (κ3) is 4.57. The number of carbonyl (C=O) groups is 1. The second-order valence-corrected chi connectivity index (χ2v) is 5.97. The Balaban J connectivity index is 2.04. The van der Waals surface area contributed by atoms with E-state index < -0.39 is 17.5 Å². The van der Waals surface area contributed by atoms with Crippen LogP contribution in [0.3, 0.4) is 0 Å². The predicted molar refractivity (Wildman–Crippen MR) is 96.9 cm³/mol. The van der Waals surface area contributed by atoms with E-state index in [1.165, 1.54) is 0 Å². The highest BCUT2D eigenvalue weighted by Crippen LogP contribution is 2.34. The van der Waals surface area contributed by atoms with Crippen molar-refractivity contribution in [3.05, 3.63) is 50.7 Å². The summed E-state index contributed by atoms with van der Waals surface area (Å²) < 4.78 is 26.3. The third-order valence-electron chi connectivity index (χ3n) is 2.76. The number of rotatable bonds is 2. The van der Waals surface area contributed by atoms with E-state index in [0.717, 1.165) is 12.1 Å². The first-order chi connectivity index (χ1) is 11.7. The van der Waals surface area contributed by atoms with Gasteiger partial charge in [-0.3, -0.25) is 15.6 Å². The largest absolute Gasteiger partial charge is 0.396 e. The van der Waals surface area contributed by atoms with Crippen LogP contribution in [0.5, 0.6) is 0 Å². The van der Waals surface area contributed by atoms with Crippen molar-refractivity contribution in [2.45, 2.75) is 0 Å². The number of carbonyl (C=O) groups excluding carboxylic acids is 1. The number of amides is 1. The van der Waals surface area contributed by atoms with Gasteiger partial charge in [-0.1, -0.05) is 34.8 Å². The SMILES string of the molecule is Nc1c(Cl)c(Cl)nc(C(=O)NNC(=S)Nc2ccc(F)cc2F)c1Cl. The van der Waals surface area contributed by atoms with E-state index in [1.807, 2.05) is 0 Å². The smallest absolute Gasteiger partial charge is 0.289 e. The van der Waals surface area contributed by atoms with Crippen molar-refractivity contribution in [1.29, 1.82) is 0 Å². The molecule has 0 unspecified atom stereocenters. The van der Waals surface area contributed by atoms with Gasteiger partial charge in [0.25, 0.3) is 5.91 Å². The van der Waals surface area contributed by atoms with Gasteiger partial charge in [0.1, 0.15) is 16.7 Å². The minimum absolute atomic E-state index is 0.0832. The maximum Gasteiger partial charge on any atom is 0.289 e. The van der Waals surface area contributed by atoms with Crippen molar-refractivity contribution >= 4 is 69.4 Å². The molecule has 1 heterocycles. The number of benzene rings is 1. The molecule has 1 amide bonds. The van der Waals surface area contributed by atoms with Gasteiger partial charge in [-0.05, 0) is 24.4 Å². The number of hydrogen-bond donors (Lipinski definition) is 4. The summed E-state index contributed by atoms with van der Waals surface area (Å²) >= 11 is 22.3. The van der Waals surface area contributed by atoms with Crippen LogP contribution in [0.15, 0.2) is 18.2 Å². The van der Waals surface area contributed by atoms with E-state index in [0.29, 0.717) is 6.07 Å². The Labute approximate surface area is 160 Å². The van der Waals surface area contributed by atoms with Crippen LogP contribution in [0, 0.1) is 11.6 Å². The number of nitrogens with two attached hydrogens (primary N) is 1. The summed E-state index contributed by atoms with van der Waals surface area (Å²) in [5.74, 6) is -2.43. The van der Waals surface area contributed by atoms with Gasteiger partial charge < -0.3 is 11.1 Å². The Bertz CT molecular complexity index is 868.